The number of rotatable bonds is 8. The largest absolute Gasteiger partial charge is 0.379 e. The molecule has 8 nitrogen and oxygen atoms in total. The standard InChI is InChI=1S/C17H32N6O2/c1-5-14(6-2)15(23-7-9-24-10-8-23)11-19-17(18-4)20-12-16-21-13(3)25-22-16/h14-15H,5-12H2,1-4H3,(H2,18,19,20). The van der Waals surface area contributed by atoms with Gasteiger partial charge in [-0.2, -0.15) is 4.98 Å². The van der Waals surface area contributed by atoms with Gasteiger partial charge in [0, 0.05) is 39.6 Å². The minimum Gasteiger partial charge on any atom is -0.379 e. The van der Waals surface area contributed by atoms with Gasteiger partial charge in [-0.1, -0.05) is 31.8 Å². The van der Waals surface area contributed by atoms with Crippen LogP contribution >= 0.6 is 0 Å². The summed E-state index contributed by atoms with van der Waals surface area (Å²) in [6, 6.07) is 0.477. The van der Waals surface area contributed by atoms with E-state index < -0.39 is 0 Å². The minimum absolute atomic E-state index is 0.477. The summed E-state index contributed by atoms with van der Waals surface area (Å²) in [6.45, 7) is 11.3. The zero-order chi connectivity index (χ0) is 18.1. The topological polar surface area (TPSA) is 87.8 Å². The number of nitrogens with zero attached hydrogens (tertiary/aromatic N) is 4. The van der Waals surface area contributed by atoms with E-state index in [0.717, 1.165) is 38.8 Å². The molecule has 0 amide bonds. The number of hydrogen-bond donors (Lipinski definition) is 2. The molecule has 1 aliphatic heterocycles. The fourth-order valence-electron chi connectivity index (χ4n) is 3.33. The van der Waals surface area contributed by atoms with Gasteiger partial charge >= 0.3 is 0 Å². The zero-order valence-electron chi connectivity index (χ0n) is 15.9. The molecule has 1 aromatic rings. The summed E-state index contributed by atoms with van der Waals surface area (Å²) in [7, 11) is 1.78. The van der Waals surface area contributed by atoms with Crippen molar-refractivity contribution in [1.82, 2.24) is 25.7 Å². The van der Waals surface area contributed by atoms with Gasteiger partial charge < -0.3 is 19.9 Å². The van der Waals surface area contributed by atoms with E-state index in [-0.39, 0.29) is 0 Å². The Labute approximate surface area is 150 Å². The average molecular weight is 352 g/mol. The van der Waals surface area contributed by atoms with Crippen molar-refractivity contribution in [1.29, 1.82) is 0 Å². The van der Waals surface area contributed by atoms with E-state index in [4.69, 9.17) is 9.26 Å². The van der Waals surface area contributed by atoms with Crippen LogP contribution in [-0.4, -0.2) is 66.9 Å². The molecule has 1 unspecified atom stereocenters. The molecule has 0 bridgehead atoms. The maximum atomic E-state index is 5.51. The van der Waals surface area contributed by atoms with Gasteiger partial charge in [0.25, 0.3) is 0 Å². The first-order valence-electron chi connectivity index (χ1n) is 9.23. The monoisotopic (exact) mass is 352 g/mol. The van der Waals surface area contributed by atoms with Gasteiger partial charge in [0.2, 0.25) is 5.89 Å². The summed E-state index contributed by atoms with van der Waals surface area (Å²) in [6.07, 6.45) is 2.35. The fraction of sp³-hybridized carbons (Fsp3) is 0.824. The molecule has 1 fully saturated rings. The number of ether oxygens (including phenoxy) is 1. The molecule has 2 N–H and O–H groups in total. The number of aromatic nitrogens is 2. The Balaban J connectivity index is 1.89. The second-order valence-electron chi connectivity index (χ2n) is 6.33. The van der Waals surface area contributed by atoms with Crippen molar-refractivity contribution in [2.45, 2.75) is 46.2 Å². The van der Waals surface area contributed by atoms with Gasteiger partial charge in [-0.3, -0.25) is 9.89 Å². The van der Waals surface area contributed by atoms with Crippen LogP contribution < -0.4 is 10.6 Å². The maximum Gasteiger partial charge on any atom is 0.223 e. The van der Waals surface area contributed by atoms with Crippen LogP contribution in [0.25, 0.3) is 0 Å². The quantitative estimate of drug-likeness (QED) is 0.536. The summed E-state index contributed by atoms with van der Waals surface area (Å²) < 4.78 is 10.5. The van der Waals surface area contributed by atoms with Gasteiger partial charge in [0.05, 0.1) is 19.8 Å². The van der Waals surface area contributed by atoms with Gasteiger partial charge in [-0.15, -0.1) is 0 Å². The summed E-state index contributed by atoms with van der Waals surface area (Å²) in [5.41, 5.74) is 0. The molecule has 1 atom stereocenters. The minimum atomic E-state index is 0.477. The van der Waals surface area contributed by atoms with Crippen LogP contribution in [0.5, 0.6) is 0 Å². The van der Waals surface area contributed by atoms with Gasteiger partial charge in [0.1, 0.15) is 0 Å². The molecule has 142 valence electrons. The molecule has 8 heteroatoms. The smallest absolute Gasteiger partial charge is 0.223 e. The highest BCUT2D eigenvalue weighted by molar-refractivity contribution is 5.79. The van der Waals surface area contributed by atoms with Crippen molar-refractivity contribution >= 4 is 5.96 Å². The van der Waals surface area contributed by atoms with Crippen LogP contribution in [0.4, 0.5) is 0 Å². The number of aliphatic imine (C=N–C) groups is 1. The Morgan fingerprint density at radius 2 is 1.96 bits per heavy atom. The highest BCUT2D eigenvalue weighted by atomic mass is 16.5. The van der Waals surface area contributed by atoms with Gasteiger partial charge in [-0.05, 0) is 5.92 Å². The van der Waals surface area contributed by atoms with Gasteiger partial charge in [-0.25, -0.2) is 0 Å². The molecule has 0 aliphatic carbocycles. The van der Waals surface area contributed by atoms with Crippen LogP contribution in [0.1, 0.15) is 38.4 Å². The van der Waals surface area contributed by atoms with Crippen LogP contribution in [0.3, 0.4) is 0 Å². The second kappa shape index (κ2) is 10.4. The van der Waals surface area contributed by atoms with E-state index in [2.05, 4.69) is 44.5 Å². The van der Waals surface area contributed by atoms with Crippen LogP contribution in [0.15, 0.2) is 9.52 Å². The number of nitrogens with one attached hydrogen (secondary N) is 2. The summed E-state index contributed by atoms with van der Waals surface area (Å²) >= 11 is 0. The van der Waals surface area contributed by atoms with Crippen molar-refractivity contribution < 1.29 is 9.26 Å². The molecular weight excluding hydrogens is 320 g/mol. The zero-order valence-corrected chi connectivity index (χ0v) is 15.9. The van der Waals surface area contributed by atoms with E-state index in [9.17, 15) is 0 Å². The number of aryl methyl sites for hydroxylation is 1. The lowest BCUT2D eigenvalue weighted by molar-refractivity contribution is 0.00272. The van der Waals surface area contributed by atoms with Crippen molar-refractivity contribution in [3.05, 3.63) is 11.7 Å². The molecule has 1 saturated heterocycles. The van der Waals surface area contributed by atoms with E-state index in [0.29, 0.717) is 30.2 Å². The highest BCUT2D eigenvalue weighted by Crippen LogP contribution is 2.19. The Kier molecular flexibility index (Phi) is 8.14. The normalized spacial score (nSPS) is 17.7. The van der Waals surface area contributed by atoms with E-state index >= 15 is 0 Å². The van der Waals surface area contributed by atoms with Crippen LogP contribution in [-0.2, 0) is 11.3 Å². The average Bonchev–Trinajstić information content (AvgIpc) is 3.07. The number of guanidine groups is 1. The molecule has 1 aliphatic rings. The summed E-state index contributed by atoms with van der Waals surface area (Å²) in [5.74, 6) is 2.61. The van der Waals surface area contributed by atoms with Crippen molar-refractivity contribution in [3.63, 3.8) is 0 Å². The SMILES string of the molecule is CCC(CC)C(CNC(=NC)NCc1noc(C)n1)N1CCOCC1. The second-order valence-corrected chi connectivity index (χ2v) is 6.33. The Morgan fingerprint density at radius 3 is 2.52 bits per heavy atom. The lowest BCUT2D eigenvalue weighted by Crippen LogP contribution is -2.53. The van der Waals surface area contributed by atoms with E-state index in [1.165, 1.54) is 12.8 Å². The van der Waals surface area contributed by atoms with Crippen molar-refractivity contribution in [2.75, 3.05) is 39.9 Å². The van der Waals surface area contributed by atoms with E-state index in [1.807, 2.05) is 0 Å². The number of morpholine rings is 1. The first-order valence-corrected chi connectivity index (χ1v) is 9.23. The van der Waals surface area contributed by atoms with Crippen molar-refractivity contribution in [2.24, 2.45) is 10.9 Å². The van der Waals surface area contributed by atoms with Crippen molar-refractivity contribution in [3.8, 4) is 0 Å². The molecule has 2 heterocycles. The molecular formula is C17H32N6O2. The van der Waals surface area contributed by atoms with Crippen LogP contribution in [0.2, 0.25) is 0 Å². The highest BCUT2D eigenvalue weighted by Gasteiger charge is 2.27. The predicted molar refractivity (Wildman–Crippen MR) is 97.5 cm³/mol. The Bertz CT molecular complexity index is 523. The van der Waals surface area contributed by atoms with Gasteiger partial charge in [0.15, 0.2) is 11.8 Å². The third-order valence-corrected chi connectivity index (χ3v) is 4.79. The first kappa shape index (κ1) is 19.7. The fourth-order valence-corrected chi connectivity index (χ4v) is 3.33. The molecule has 1 aromatic heterocycles. The Hall–Kier alpha value is -1.67. The molecule has 25 heavy (non-hydrogen) atoms. The molecule has 0 radical (unpaired) electrons. The lowest BCUT2D eigenvalue weighted by atomic mass is 9.92. The molecule has 0 spiro atoms. The third kappa shape index (κ3) is 5.97. The first-order chi connectivity index (χ1) is 12.2. The van der Waals surface area contributed by atoms with E-state index in [1.54, 1.807) is 14.0 Å². The molecule has 0 aromatic carbocycles. The number of hydrogen-bond acceptors (Lipinski definition) is 6. The molecule has 0 saturated carbocycles. The lowest BCUT2D eigenvalue weighted by Gasteiger charge is -2.39. The summed E-state index contributed by atoms with van der Waals surface area (Å²) in [4.78, 5) is 11.0. The summed E-state index contributed by atoms with van der Waals surface area (Å²) in [5, 5.41) is 10.6. The Morgan fingerprint density at radius 1 is 1.24 bits per heavy atom. The third-order valence-electron chi connectivity index (χ3n) is 4.79. The van der Waals surface area contributed by atoms with Crippen LogP contribution in [0, 0.1) is 12.8 Å². The molecule has 2 rings (SSSR count). The maximum absolute atomic E-state index is 5.51. The predicted octanol–water partition coefficient (Wildman–Crippen LogP) is 1.18.